The van der Waals surface area contributed by atoms with E-state index < -0.39 is 39.6 Å². The molecule has 0 radical (unpaired) electrons. The van der Waals surface area contributed by atoms with Crippen LogP contribution in [0.3, 0.4) is 0 Å². The Kier molecular flexibility index (Phi) is 4.24. The molecule has 2 N–H and O–H groups in total. The highest BCUT2D eigenvalue weighted by molar-refractivity contribution is 7.17. The van der Waals surface area contributed by atoms with Crippen molar-refractivity contribution in [3.8, 4) is 0 Å². The fourth-order valence-electron chi connectivity index (χ4n) is 1.58. The number of carbonyl (C=O) groups is 1. The maximum Gasteiger partial charge on any atom is 0.435 e. The van der Waals surface area contributed by atoms with E-state index in [0.29, 0.717) is 0 Å². The molecule has 124 valence electrons. The minimum absolute atomic E-state index is 0.0393. The molecule has 4 nitrogen and oxygen atoms in total. The summed E-state index contributed by atoms with van der Waals surface area (Å²) < 4.78 is 75.2. The highest BCUT2D eigenvalue weighted by Gasteiger charge is 2.39. The minimum atomic E-state index is -4.95. The molecule has 23 heavy (non-hydrogen) atoms. The van der Waals surface area contributed by atoms with Gasteiger partial charge in [0.2, 0.25) is 0 Å². The Morgan fingerprint density at radius 2 is 1.61 bits per heavy atom. The molecule has 1 aromatic heterocycles. The average Bonchev–Trinajstić information content (AvgIpc) is 2.82. The van der Waals surface area contributed by atoms with Crippen molar-refractivity contribution < 1.29 is 36.2 Å². The molecule has 2 rings (SSSR count). The van der Waals surface area contributed by atoms with Crippen molar-refractivity contribution in [1.82, 2.24) is 4.98 Å². The number of alkyl halides is 6. The fraction of sp³-hybridized carbons (Fsp3) is 0.167. The van der Waals surface area contributed by atoms with Crippen LogP contribution in [0.5, 0.6) is 0 Å². The van der Waals surface area contributed by atoms with Crippen molar-refractivity contribution in [3.05, 3.63) is 40.4 Å². The number of carboxylic acid groups (broad SMARTS) is 1. The number of thiazole rings is 1. The van der Waals surface area contributed by atoms with E-state index in [9.17, 15) is 31.1 Å². The molecule has 1 heterocycles. The van der Waals surface area contributed by atoms with E-state index in [1.807, 2.05) is 0 Å². The van der Waals surface area contributed by atoms with Gasteiger partial charge in [0.25, 0.3) is 0 Å². The summed E-state index contributed by atoms with van der Waals surface area (Å²) >= 11 is 0.235. The second kappa shape index (κ2) is 5.72. The zero-order chi connectivity index (χ0) is 17.4. The van der Waals surface area contributed by atoms with Gasteiger partial charge in [-0.15, -0.1) is 0 Å². The Labute approximate surface area is 128 Å². The lowest BCUT2D eigenvalue weighted by molar-refractivity contribution is -0.141. The van der Waals surface area contributed by atoms with Gasteiger partial charge in [0, 0.05) is 5.69 Å². The predicted octanol–water partition coefficient (Wildman–Crippen LogP) is 4.62. The van der Waals surface area contributed by atoms with Gasteiger partial charge in [0.05, 0.1) is 5.56 Å². The number of nitrogens with one attached hydrogen (secondary N) is 1. The molecule has 0 aliphatic rings. The van der Waals surface area contributed by atoms with Crippen LogP contribution >= 0.6 is 11.3 Å². The summed E-state index contributed by atoms with van der Waals surface area (Å²) in [4.78, 5) is 12.9. The van der Waals surface area contributed by atoms with Gasteiger partial charge in [-0.2, -0.15) is 26.3 Å². The third-order valence-corrected chi connectivity index (χ3v) is 3.51. The first-order valence-corrected chi connectivity index (χ1v) is 6.55. The van der Waals surface area contributed by atoms with Gasteiger partial charge in [-0.1, -0.05) is 11.3 Å². The van der Waals surface area contributed by atoms with Crippen molar-refractivity contribution in [2.75, 3.05) is 5.32 Å². The molecule has 11 heteroatoms. The summed E-state index contributed by atoms with van der Waals surface area (Å²) in [5.74, 6) is -1.80. The summed E-state index contributed by atoms with van der Waals surface area (Å²) in [6, 6.07) is 3.47. The van der Waals surface area contributed by atoms with Gasteiger partial charge in [-0.05, 0) is 24.3 Å². The first kappa shape index (κ1) is 17.1. The lowest BCUT2D eigenvalue weighted by atomic mass is 10.2. The number of rotatable bonds is 3. The van der Waals surface area contributed by atoms with Crippen LogP contribution in [0.2, 0.25) is 0 Å². The molecule has 0 amide bonds. The Morgan fingerprint density at radius 3 is 2.00 bits per heavy atom. The van der Waals surface area contributed by atoms with Crippen molar-refractivity contribution in [2.24, 2.45) is 0 Å². The fourth-order valence-corrected chi connectivity index (χ4v) is 2.42. The normalized spacial score (nSPS) is 12.3. The van der Waals surface area contributed by atoms with Crippen molar-refractivity contribution >= 4 is 28.1 Å². The molecular weight excluding hydrogens is 350 g/mol. The van der Waals surface area contributed by atoms with Crippen LogP contribution in [0, 0.1) is 0 Å². The zero-order valence-corrected chi connectivity index (χ0v) is 11.6. The Morgan fingerprint density at radius 1 is 1.04 bits per heavy atom. The number of anilines is 2. The quantitative estimate of drug-likeness (QED) is 0.788. The van der Waals surface area contributed by atoms with Crippen LogP contribution in [0.4, 0.5) is 37.2 Å². The van der Waals surface area contributed by atoms with Crippen LogP contribution < -0.4 is 5.32 Å². The van der Waals surface area contributed by atoms with E-state index in [1.165, 1.54) is 0 Å². The maximum atomic E-state index is 12.7. The molecule has 0 atom stereocenters. The van der Waals surface area contributed by atoms with E-state index >= 15 is 0 Å². The smallest absolute Gasteiger partial charge is 0.435 e. The molecule has 1 aromatic carbocycles. The van der Waals surface area contributed by atoms with Crippen LogP contribution in [-0.4, -0.2) is 16.1 Å². The second-order valence-electron chi connectivity index (χ2n) is 4.20. The van der Waals surface area contributed by atoms with Gasteiger partial charge in [-0.3, -0.25) is 0 Å². The maximum absolute atomic E-state index is 12.7. The van der Waals surface area contributed by atoms with Crippen molar-refractivity contribution in [2.45, 2.75) is 12.4 Å². The Bertz CT molecular complexity index is 721. The molecule has 0 saturated heterocycles. The van der Waals surface area contributed by atoms with Crippen LogP contribution in [0.1, 0.15) is 20.9 Å². The van der Waals surface area contributed by atoms with Gasteiger partial charge in [0.15, 0.2) is 10.8 Å². The number of hydrogen-bond acceptors (Lipinski definition) is 4. The third-order valence-electron chi connectivity index (χ3n) is 2.55. The third kappa shape index (κ3) is 3.92. The molecular formula is C12H6F6N2O2S. The zero-order valence-electron chi connectivity index (χ0n) is 10.8. The van der Waals surface area contributed by atoms with Gasteiger partial charge < -0.3 is 10.4 Å². The van der Waals surface area contributed by atoms with E-state index in [0.717, 1.165) is 24.3 Å². The van der Waals surface area contributed by atoms with Gasteiger partial charge in [-0.25, -0.2) is 9.78 Å². The average molecular weight is 356 g/mol. The van der Waals surface area contributed by atoms with Crippen molar-refractivity contribution in [3.63, 3.8) is 0 Å². The highest BCUT2D eigenvalue weighted by Crippen LogP contribution is 2.37. The number of aromatic carboxylic acids is 1. The molecule has 0 aliphatic carbocycles. The highest BCUT2D eigenvalue weighted by atomic mass is 32.1. The van der Waals surface area contributed by atoms with Crippen LogP contribution in [0.25, 0.3) is 0 Å². The summed E-state index contributed by atoms with van der Waals surface area (Å²) in [6.45, 7) is 0. The number of benzene rings is 1. The molecule has 0 saturated carbocycles. The number of halogens is 6. The standard InChI is InChI=1S/C12H6F6N2O2S/c13-11(14,15)5-1-3-6(4-2-5)19-10-20-8(12(16,17)18)7(23-10)9(21)22/h1-4H,(H,19,20)(H,21,22). The topological polar surface area (TPSA) is 62.2 Å². The first-order valence-electron chi connectivity index (χ1n) is 5.74. The van der Waals surface area contributed by atoms with E-state index in [4.69, 9.17) is 5.11 Å². The van der Waals surface area contributed by atoms with Gasteiger partial charge in [0.1, 0.15) is 4.88 Å². The molecule has 0 aliphatic heterocycles. The molecule has 0 spiro atoms. The Hall–Kier alpha value is -2.30. The molecule has 0 fully saturated rings. The van der Waals surface area contributed by atoms with E-state index in [1.54, 1.807) is 0 Å². The number of aromatic nitrogens is 1. The van der Waals surface area contributed by atoms with Gasteiger partial charge >= 0.3 is 18.3 Å². The van der Waals surface area contributed by atoms with Crippen LogP contribution in [0.15, 0.2) is 24.3 Å². The minimum Gasteiger partial charge on any atom is -0.477 e. The lowest BCUT2D eigenvalue weighted by Crippen LogP contribution is -2.11. The number of hydrogen-bond donors (Lipinski definition) is 2. The van der Waals surface area contributed by atoms with Crippen LogP contribution in [-0.2, 0) is 12.4 Å². The second-order valence-corrected chi connectivity index (χ2v) is 5.20. The predicted molar refractivity (Wildman–Crippen MR) is 68.8 cm³/mol. The molecule has 0 bridgehead atoms. The van der Waals surface area contributed by atoms with Crippen molar-refractivity contribution in [1.29, 1.82) is 0 Å². The largest absolute Gasteiger partial charge is 0.477 e. The summed E-state index contributed by atoms with van der Waals surface area (Å²) in [7, 11) is 0. The number of carboxylic acids is 1. The summed E-state index contributed by atoms with van der Waals surface area (Å²) in [5, 5.41) is 10.7. The summed E-state index contributed by atoms with van der Waals surface area (Å²) in [6.07, 6.45) is -9.50. The molecule has 0 unspecified atom stereocenters. The SMILES string of the molecule is O=C(O)c1sc(Nc2ccc(C(F)(F)F)cc2)nc1C(F)(F)F. The Balaban J connectivity index is 2.29. The van der Waals surface area contributed by atoms with E-state index in [2.05, 4.69) is 10.3 Å². The van der Waals surface area contributed by atoms with E-state index in [-0.39, 0.29) is 17.0 Å². The summed E-state index contributed by atoms with van der Waals surface area (Å²) in [5.41, 5.74) is -2.45. The first-order chi connectivity index (χ1) is 10.5. The lowest BCUT2D eigenvalue weighted by Gasteiger charge is -2.07. The number of nitrogens with zero attached hydrogens (tertiary/aromatic N) is 1. The monoisotopic (exact) mass is 356 g/mol. The molecule has 2 aromatic rings.